The predicted molar refractivity (Wildman–Crippen MR) is 60.3 cm³/mol. The fourth-order valence-electron chi connectivity index (χ4n) is 1.73. The van der Waals surface area contributed by atoms with Crippen LogP contribution in [0.4, 0.5) is 8.78 Å². The van der Waals surface area contributed by atoms with Crippen molar-refractivity contribution in [3.8, 4) is 0 Å². The first kappa shape index (κ1) is 13.1. The lowest BCUT2D eigenvalue weighted by Gasteiger charge is -2.11. The fourth-order valence-corrected chi connectivity index (χ4v) is 1.73. The quantitative estimate of drug-likeness (QED) is 0.819. The van der Waals surface area contributed by atoms with E-state index in [1.165, 1.54) is 12.1 Å². The number of aliphatic hydroxyl groups excluding tert-OH is 1. The molecular formula is C13H18F2O. The second kappa shape index (κ2) is 5.94. The standard InChI is InChI=1S/C13H18F2O/c1-3-4-10(16)6-7-11-12(14)8-5-9(2)13(11)15/h5,8,10,16H,3-4,6-7H2,1-2H3. The van der Waals surface area contributed by atoms with E-state index in [2.05, 4.69) is 0 Å². The third-order valence-corrected chi connectivity index (χ3v) is 2.73. The summed E-state index contributed by atoms with van der Waals surface area (Å²) in [6.07, 6.45) is 1.74. The lowest BCUT2D eigenvalue weighted by molar-refractivity contribution is 0.153. The van der Waals surface area contributed by atoms with Crippen molar-refractivity contribution in [1.82, 2.24) is 0 Å². The number of hydrogen-bond acceptors (Lipinski definition) is 1. The average Bonchev–Trinajstić information content (AvgIpc) is 2.24. The van der Waals surface area contributed by atoms with Gasteiger partial charge in [0.25, 0.3) is 0 Å². The SMILES string of the molecule is CCCC(O)CCc1c(F)ccc(C)c1F. The molecule has 0 aliphatic carbocycles. The first-order valence-electron chi connectivity index (χ1n) is 5.67. The van der Waals surface area contributed by atoms with E-state index >= 15 is 0 Å². The molecule has 0 heterocycles. The number of aryl methyl sites for hydroxylation is 1. The molecule has 1 nitrogen and oxygen atoms in total. The average molecular weight is 228 g/mol. The van der Waals surface area contributed by atoms with Crippen molar-refractivity contribution in [1.29, 1.82) is 0 Å². The van der Waals surface area contributed by atoms with Crippen LogP contribution in [-0.4, -0.2) is 11.2 Å². The Morgan fingerprint density at radius 3 is 2.56 bits per heavy atom. The molecule has 3 heteroatoms. The molecule has 0 radical (unpaired) electrons. The van der Waals surface area contributed by atoms with Gasteiger partial charge in [-0.1, -0.05) is 19.4 Å². The highest BCUT2D eigenvalue weighted by Crippen LogP contribution is 2.19. The Bertz CT molecular complexity index is 350. The Morgan fingerprint density at radius 1 is 1.25 bits per heavy atom. The maximum Gasteiger partial charge on any atom is 0.132 e. The van der Waals surface area contributed by atoms with Crippen molar-refractivity contribution < 1.29 is 13.9 Å². The molecule has 0 spiro atoms. The topological polar surface area (TPSA) is 20.2 Å². The molecule has 0 amide bonds. The van der Waals surface area contributed by atoms with Crippen LogP contribution in [-0.2, 0) is 6.42 Å². The van der Waals surface area contributed by atoms with Gasteiger partial charge in [-0.3, -0.25) is 0 Å². The Balaban J connectivity index is 2.70. The van der Waals surface area contributed by atoms with E-state index in [0.717, 1.165) is 6.42 Å². The minimum atomic E-state index is -0.521. The van der Waals surface area contributed by atoms with Crippen LogP contribution in [0, 0.1) is 18.6 Å². The van der Waals surface area contributed by atoms with Crippen LogP contribution in [0.5, 0.6) is 0 Å². The molecule has 1 N–H and O–H groups in total. The first-order chi connectivity index (χ1) is 7.56. The molecule has 1 unspecified atom stereocenters. The van der Waals surface area contributed by atoms with E-state index in [1.807, 2.05) is 6.92 Å². The van der Waals surface area contributed by atoms with E-state index in [1.54, 1.807) is 6.92 Å². The summed E-state index contributed by atoms with van der Waals surface area (Å²) in [5, 5.41) is 9.52. The highest BCUT2D eigenvalue weighted by molar-refractivity contribution is 5.26. The molecule has 0 aromatic heterocycles. The van der Waals surface area contributed by atoms with Gasteiger partial charge < -0.3 is 5.11 Å². The summed E-state index contributed by atoms with van der Waals surface area (Å²) in [4.78, 5) is 0. The van der Waals surface area contributed by atoms with Crippen molar-refractivity contribution in [2.75, 3.05) is 0 Å². The van der Waals surface area contributed by atoms with E-state index in [-0.39, 0.29) is 12.0 Å². The largest absolute Gasteiger partial charge is 0.393 e. The summed E-state index contributed by atoms with van der Waals surface area (Å²) in [7, 11) is 0. The van der Waals surface area contributed by atoms with E-state index in [4.69, 9.17) is 0 Å². The highest BCUT2D eigenvalue weighted by Gasteiger charge is 2.13. The maximum atomic E-state index is 13.6. The zero-order valence-corrected chi connectivity index (χ0v) is 9.76. The fraction of sp³-hybridized carbons (Fsp3) is 0.538. The van der Waals surface area contributed by atoms with Crippen molar-refractivity contribution >= 4 is 0 Å². The molecular weight excluding hydrogens is 210 g/mol. The second-order valence-electron chi connectivity index (χ2n) is 4.14. The zero-order chi connectivity index (χ0) is 12.1. The zero-order valence-electron chi connectivity index (χ0n) is 9.76. The van der Waals surface area contributed by atoms with Gasteiger partial charge in [-0.25, -0.2) is 8.78 Å². The molecule has 0 aliphatic heterocycles. The molecule has 0 bridgehead atoms. The number of hydrogen-bond donors (Lipinski definition) is 1. The Hall–Kier alpha value is -0.960. The van der Waals surface area contributed by atoms with Gasteiger partial charge in [0.15, 0.2) is 0 Å². The lowest BCUT2D eigenvalue weighted by Crippen LogP contribution is -2.09. The minimum Gasteiger partial charge on any atom is -0.393 e. The van der Waals surface area contributed by atoms with Gasteiger partial charge in [-0.2, -0.15) is 0 Å². The van der Waals surface area contributed by atoms with Crippen LogP contribution < -0.4 is 0 Å². The summed E-state index contributed by atoms with van der Waals surface area (Å²) in [5.41, 5.74) is 0.538. The van der Waals surface area contributed by atoms with Crippen LogP contribution in [0.15, 0.2) is 12.1 Å². The van der Waals surface area contributed by atoms with Gasteiger partial charge in [-0.15, -0.1) is 0 Å². The normalized spacial score (nSPS) is 12.8. The van der Waals surface area contributed by atoms with Crippen molar-refractivity contribution in [2.24, 2.45) is 0 Å². The summed E-state index contributed by atoms with van der Waals surface area (Å²) < 4.78 is 26.9. The number of aliphatic hydroxyl groups is 1. The van der Waals surface area contributed by atoms with Gasteiger partial charge in [0, 0.05) is 5.56 Å². The van der Waals surface area contributed by atoms with E-state index < -0.39 is 17.7 Å². The first-order valence-corrected chi connectivity index (χ1v) is 5.67. The van der Waals surface area contributed by atoms with Crippen LogP contribution in [0.25, 0.3) is 0 Å². The molecule has 1 aromatic rings. The third kappa shape index (κ3) is 3.27. The van der Waals surface area contributed by atoms with Crippen LogP contribution >= 0.6 is 0 Å². The second-order valence-corrected chi connectivity index (χ2v) is 4.14. The van der Waals surface area contributed by atoms with E-state index in [0.29, 0.717) is 18.4 Å². The van der Waals surface area contributed by atoms with Gasteiger partial charge in [0.2, 0.25) is 0 Å². The minimum absolute atomic E-state index is 0.0927. The van der Waals surface area contributed by atoms with Crippen LogP contribution in [0.2, 0.25) is 0 Å². The molecule has 0 aliphatic rings. The van der Waals surface area contributed by atoms with Gasteiger partial charge in [0.05, 0.1) is 6.10 Å². The molecule has 16 heavy (non-hydrogen) atoms. The predicted octanol–water partition coefficient (Wildman–Crippen LogP) is 3.37. The molecule has 1 rings (SSSR count). The maximum absolute atomic E-state index is 13.6. The van der Waals surface area contributed by atoms with Crippen LogP contribution in [0.3, 0.4) is 0 Å². The summed E-state index contributed by atoms with van der Waals surface area (Å²) in [5.74, 6) is -1.00. The molecule has 1 atom stereocenters. The monoisotopic (exact) mass is 228 g/mol. The smallest absolute Gasteiger partial charge is 0.132 e. The Morgan fingerprint density at radius 2 is 1.94 bits per heavy atom. The molecule has 90 valence electrons. The third-order valence-electron chi connectivity index (χ3n) is 2.73. The Kier molecular flexibility index (Phi) is 4.87. The summed E-state index contributed by atoms with van der Waals surface area (Å²) in [6, 6.07) is 2.70. The Labute approximate surface area is 95.1 Å². The van der Waals surface area contributed by atoms with Gasteiger partial charge in [0.1, 0.15) is 11.6 Å². The molecule has 1 aromatic carbocycles. The van der Waals surface area contributed by atoms with Gasteiger partial charge >= 0.3 is 0 Å². The lowest BCUT2D eigenvalue weighted by atomic mass is 10.0. The van der Waals surface area contributed by atoms with Gasteiger partial charge in [-0.05, 0) is 37.8 Å². The van der Waals surface area contributed by atoms with E-state index in [9.17, 15) is 13.9 Å². The van der Waals surface area contributed by atoms with Crippen molar-refractivity contribution in [3.05, 3.63) is 34.9 Å². The molecule has 0 fully saturated rings. The number of benzene rings is 1. The molecule has 0 saturated heterocycles. The summed E-state index contributed by atoms with van der Waals surface area (Å²) >= 11 is 0. The molecule has 0 saturated carbocycles. The van der Waals surface area contributed by atoms with Crippen molar-refractivity contribution in [3.63, 3.8) is 0 Å². The highest BCUT2D eigenvalue weighted by atomic mass is 19.1. The summed E-state index contributed by atoms with van der Waals surface area (Å²) in [6.45, 7) is 3.58. The number of rotatable bonds is 5. The van der Waals surface area contributed by atoms with Crippen LogP contribution in [0.1, 0.15) is 37.3 Å². The number of halogens is 2. The van der Waals surface area contributed by atoms with Crippen molar-refractivity contribution in [2.45, 2.75) is 45.6 Å².